The maximum atomic E-state index is 12.8. The molecule has 3 heterocycles. The SMILES string of the molecule is Cc1cc(C(=O)N2CCCC(N(Cc3cccnc3)S(C)(=O)=O)C2)ccn1. The van der Waals surface area contributed by atoms with E-state index in [2.05, 4.69) is 9.97 Å². The Bertz CT molecular complexity index is 902. The Labute approximate surface area is 160 Å². The van der Waals surface area contributed by atoms with Gasteiger partial charge in [0.2, 0.25) is 10.0 Å². The van der Waals surface area contributed by atoms with E-state index >= 15 is 0 Å². The average Bonchev–Trinajstić information content (AvgIpc) is 2.65. The van der Waals surface area contributed by atoms with Crippen molar-refractivity contribution in [2.45, 2.75) is 32.4 Å². The highest BCUT2D eigenvalue weighted by atomic mass is 32.2. The highest BCUT2D eigenvalue weighted by Crippen LogP contribution is 2.22. The molecular formula is C19H24N4O3S. The third-order valence-electron chi connectivity index (χ3n) is 4.72. The van der Waals surface area contributed by atoms with Crippen LogP contribution in [0, 0.1) is 6.92 Å². The van der Waals surface area contributed by atoms with Crippen molar-refractivity contribution in [3.8, 4) is 0 Å². The molecule has 27 heavy (non-hydrogen) atoms. The van der Waals surface area contributed by atoms with Crippen LogP contribution in [-0.2, 0) is 16.6 Å². The maximum Gasteiger partial charge on any atom is 0.254 e. The number of rotatable bonds is 5. The van der Waals surface area contributed by atoms with Gasteiger partial charge in [0, 0.05) is 55.5 Å². The minimum atomic E-state index is -3.43. The second kappa shape index (κ2) is 8.14. The van der Waals surface area contributed by atoms with Crippen molar-refractivity contribution in [2.24, 2.45) is 0 Å². The van der Waals surface area contributed by atoms with Gasteiger partial charge < -0.3 is 4.90 Å². The second-order valence-electron chi connectivity index (χ2n) is 6.90. The largest absolute Gasteiger partial charge is 0.337 e. The van der Waals surface area contributed by atoms with Crippen LogP contribution >= 0.6 is 0 Å². The molecule has 8 heteroatoms. The van der Waals surface area contributed by atoms with E-state index in [1.165, 1.54) is 10.6 Å². The van der Waals surface area contributed by atoms with Gasteiger partial charge in [-0.2, -0.15) is 4.31 Å². The normalized spacial score (nSPS) is 17.9. The Morgan fingerprint density at radius 3 is 2.81 bits per heavy atom. The molecule has 1 atom stereocenters. The smallest absolute Gasteiger partial charge is 0.254 e. The van der Waals surface area contributed by atoms with Crippen molar-refractivity contribution in [3.05, 3.63) is 59.7 Å². The summed E-state index contributed by atoms with van der Waals surface area (Å²) in [5.74, 6) is -0.0833. The number of amides is 1. The topological polar surface area (TPSA) is 83.5 Å². The molecule has 3 rings (SSSR count). The summed E-state index contributed by atoms with van der Waals surface area (Å²) in [5, 5.41) is 0. The summed E-state index contributed by atoms with van der Waals surface area (Å²) < 4.78 is 26.3. The van der Waals surface area contributed by atoms with Gasteiger partial charge in [0.25, 0.3) is 5.91 Å². The predicted molar refractivity (Wildman–Crippen MR) is 103 cm³/mol. The third kappa shape index (κ3) is 4.90. The summed E-state index contributed by atoms with van der Waals surface area (Å²) in [6.07, 6.45) is 7.66. The Kier molecular flexibility index (Phi) is 5.86. The third-order valence-corrected chi connectivity index (χ3v) is 6.00. The number of pyridine rings is 2. The van der Waals surface area contributed by atoms with Crippen LogP contribution in [0.15, 0.2) is 42.9 Å². The molecule has 1 saturated heterocycles. The van der Waals surface area contributed by atoms with Crippen molar-refractivity contribution in [2.75, 3.05) is 19.3 Å². The van der Waals surface area contributed by atoms with Gasteiger partial charge in [0.1, 0.15) is 0 Å². The lowest BCUT2D eigenvalue weighted by Crippen LogP contribution is -2.51. The molecular weight excluding hydrogens is 364 g/mol. The number of aromatic nitrogens is 2. The fourth-order valence-electron chi connectivity index (χ4n) is 3.42. The zero-order chi connectivity index (χ0) is 19.4. The van der Waals surface area contributed by atoms with E-state index in [4.69, 9.17) is 0 Å². The van der Waals surface area contributed by atoms with Gasteiger partial charge in [-0.25, -0.2) is 8.42 Å². The van der Waals surface area contributed by atoms with Gasteiger partial charge in [-0.15, -0.1) is 0 Å². The number of piperidine rings is 1. The van der Waals surface area contributed by atoms with Crippen LogP contribution in [0.4, 0.5) is 0 Å². The molecule has 0 aliphatic carbocycles. The molecule has 0 saturated carbocycles. The molecule has 0 aromatic carbocycles. The summed E-state index contributed by atoms with van der Waals surface area (Å²) in [6, 6.07) is 6.86. The van der Waals surface area contributed by atoms with Crippen LogP contribution in [0.1, 0.15) is 34.5 Å². The first-order valence-corrected chi connectivity index (χ1v) is 10.8. The number of carbonyl (C=O) groups is 1. The second-order valence-corrected chi connectivity index (χ2v) is 8.84. The summed E-state index contributed by atoms with van der Waals surface area (Å²) in [4.78, 5) is 22.8. The maximum absolute atomic E-state index is 12.8. The van der Waals surface area contributed by atoms with Gasteiger partial charge in [-0.3, -0.25) is 14.8 Å². The summed E-state index contributed by atoms with van der Waals surface area (Å²) in [5.41, 5.74) is 2.20. The first-order chi connectivity index (χ1) is 12.8. The monoisotopic (exact) mass is 388 g/mol. The molecule has 0 spiro atoms. The molecule has 1 amide bonds. The fourth-order valence-corrected chi connectivity index (χ4v) is 4.52. The van der Waals surface area contributed by atoms with Crippen LogP contribution in [0.3, 0.4) is 0 Å². The number of sulfonamides is 1. The molecule has 1 aliphatic heterocycles. The number of carbonyl (C=O) groups excluding carboxylic acids is 1. The van der Waals surface area contributed by atoms with Gasteiger partial charge in [0.05, 0.1) is 6.26 Å². The molecule has 0 radical (unpaired) electrons. The van der Waals surface area contributed by atoms with Gasteiger partial charge in [0.15, 0.2) is 0 Å². The van der Waals surface area contributed by atoms with Crippen LogP contribution in [0.25, 0.3) is 0 Å². The van der Waals surface area contributed by atoms with Crippen molar-refractivity contribution in [3.63, 3.8) is 0 Å². The van der Waals surface area contributed by atoms with Crippen molar-refractivity contribution < 1.29 is 13.2 Å². The van der Waals surface area contributed by atoms with E-state index in [9.17, 15) is 13.2 Å². The Morgan fingerprint density at radius 2 is 2.15 bits per heavy atom. The predicted octanol–water partition coefficient (Wildman–Crippen LogP) is 1.85. The van der Waals surface area contributed by atoms with Gasteiger partial charge in [-0.05, 0) is 43.5 Å². The lowest BCUT2D eigenvalue weighted by molar-refractivity contribution is 0.0650. The molecule has 2 aromatic rings. The van der Waals surface area contributed by atoms with E-state index in [-0.39, 0.29) is 18.5 Å². The standard InChI is InChI=1S/C19H24N4O3S/c1-15-11-17(7-9-21-15)19(24)22-10-4-6-18(14-22)23(27(2,25)26)13-16-5-3-8-20-12-16/h3,5,7-9,11-12,18H,4,6,10,13-14H2,1-2H3. The molecule has 1 fully saturated rings. The number of aryl methyl sites for hydroxylation is 1. The average molecular weight is 388 g/mol. The van der Waals surface area contributed by atoms with Crippen molar-refractivity contribution in [1.82, 2.24) is 19.2 Å². The Balaban J connectivity index is 1.79. The molecule has 144 valence electrons. The van der Waals surface area contributed by atoms with Gasteiger partial charge >= 0.3 is 0 Å². The minimum absolute atomic E-state index is 0.0833. The Hall–Kier alpha value is -2.32. The number of likely N-dealkylation sites (tertiary alicyclic amines) is 1. The van der Waals surface area contributed by atoms with Crippen LogP contribution in [-0.4, -0.2) is 58.9 Å². The zero-order valence-corrected chi connectivity index (χ0v) is 16.4. The minimum Gasteiger partial charge on any atom is -0.337 e. The first-order valence-electron chi connectivity index (χ1n) is 8.92. The number of hydrogen-bond acceptors (Lipinski definition) is 5. The van der Waals surface area contributed by atoms with E-state index in [0.29, 0.717) is 18.7 Å². The van der Waals surface area contributed by atoms with E-state index in [1.807, 2.05) is 13.0 Å². The molecule has 7 nitrogen and oxygen atoms in total. The summed E-state index contributed by atoms with van der Waals surface area (Å²) >= 11 is 0. The summed E-state index contributed by atoms with van der Waals surface area (Å²) in [7, 11) is -3.43. The van der Waals surface area contributed by atoms with Gasteiger partial charge in [-0.1, -0.05) is 6.07 Å². The lowest BCUT2D eigenvalue weighted by atomic mass is 10.0. The first kappa shape index (κ1) is 19.4. The highest BCUT2D eigenvalue weighted by molar-refractivity contribution is 7.88. The van der Waals surface area contributed by atoms with Crippen LogP contribution in [0.5, 0.6) is 0 Å². The van der Waals surface area contributed by atoms with Crippen molar-refractivity contribution in [1.29, 1.82) is 0 Å². The lowest BCUT2D eigenvalue weighted by Gasteiger charge is -2.38. The quantitative estimate of drug-likeness (QED) is 0.781. The van der Waals surface area contributed by atoms with Crippen LogP contribution < -0.4 is 0 Å². The summed E-state index contributed by atoms with van der Waals surface area (Å²) in [6.45, 7) is 3.11. The van der Waals surface area contributed by atoms with Crippen molar-refractivity contribution >= 4 is 15.9 Å². The Morgan fingerprint density at radius 1 is 1.33 bits per heavy atom. The molecule has 1 unspecified atom stereocenters. The molecule has 1 aliphatic rings. The van der Waals surface area contributed by atoms with E-state index in [0.717, 1.165) is 24.1 Å². The molecule has 2 aromatic heterocycles. The van der Waals surface area contributed by atoms with Crippen LogP contribution in [0.2, 0.25) is 0 Å². The van der Waals surface area contributed by atoms with E-state index < -0.39 is 10.0 Å². The molecule has 0 bridgehead atoms. The zero-order valence-electron chi connectivity index (χ0n) is 15.6. The van der Waals surface area contributed by atoms with E-state index in [1.54, 1.807) is 41.7 Å². The number of nitrogens with zero attached hydrogens (tertiary/aromatic N) is 4. The number of hydrogen-bond donors (Lipinski definition) is 0. The molecule has 0 N–H and O–H groups in total. The fraction of sp³-hybridized carbons (Fsp3) is 0.421. The highest BCUT2D eigenvalue weighted by Gasteiger charge is 2.33.